The standard InChI is InChI=1S/C16H15N3O5/c1-2-17-15(20)12-9-10-5-3-4-6-11(10)18(12)16(21)13-7-8-14(24-13)19(22)23/h3-8,12H,2,9H2,1H3,(H,17,20)/t12-/m0/s1. The first-order valence-electron chi connectivity index (χ1n) is 7.46. The SMILES string of the molecule is CCNC(=O)[C@@H]1Cc2ccccc2N1C(=O)c1ccc([N+](=O)[O-])o1. The summed E-state index contributed by atoms with van der Waals surface area (Å²) in [6, 6.07) is 8.85. The van der Waals surface area contributed by atoms with E-state index in [0.29, 0.717) is 18.7 Å². The van der Waals surface area contributed by atoms with Crippen LogP contribution in [0.25, 0.3) is 0 Å². The van der Waals surface area contributed by atoms with Crippen molar-refractivity contribution in [3.8, 4) is 0 Å². The summed E-state index contributed by atoms with van der Waals surface area (Å²) in [5.41, 5.74) is 1.47. The molecule has 1 atom stereocenters. The monoisotopic (exact) mass is 329 g/mol. The van der Waals surface area contributed by atoms with Crippen LogP contribution >= 0.6 is 0 Å². The Labute approximate surface area is 137 Å². The lowest BCUT2D eigenvalue weighted by atomic mass is 10.1. The fourth-order valence-electron chi connectivity index (χ4n) is 2.80. The molecule has 0 saturated heterocycles. The van der Waals surface area contributed by atoms with Gasteiger partial charge in [0, 0.05) is 18.7 Å². The lowest BCUT2D eigenvalue weighted by Crippen LogP contribution is -2.48. The molecule has 1 aromatic heterocycles. The van der Waals surface area contributed by atoms with E-state index in [0.717, 1.165) is 11.6 Å². The third-order valence-corrected chi connectivity index (χ3v) is 3.83. The van der Waals surface area contributed by atoms with Gasteiger partial charge >= 0.3 is 5.88 Å². The summed E-state index contributed by atoms with van der Waals surface area (Å²) in [6.45, 7) is 2.24. The van der Waals surface area contributed by atoms with E-state index < -0.39 is 22.8 Å². The van der Waals surface area contributed by atoms with Gasteiger partial charge in [0.05, 0.1) is 6.07 Å². The van der Waals surface area contributed by atoms with Crippen molar-refractivity contribution in [2.75, 3.05) is 11.4 Å². The van der Waals surface area contributed by atoms with Crippen molar-refractivity contribution in [1.82, 2.24) is 5.32 Å². The topological polar surface area (TPSA) is 106 Å². The van der Waals surface area contributed by atoms with E-state index in [9.17, 15) is 19.7 Å². The molecule has 0 spiro atoms. The highest BCUT2D eigenvalue weighted by Crippen LogP contribution is 2.34. The average molecular weight is 329 g/mol. The molecule has 0 saturated carbocycles. The Bertz CT molecular complexity index is 814. The minimum absolute atomic E-state index is 0.173. The van der Waals surface area contributed by atoms with Gasteiger partial charge in [-0.1, -0.05) is 18.2 Å². The molecule has 0 aliphatic carbocycles. The number of anilines is 1. The summed E-state index contributed by atoms with van der Waals surface area (Å²) in [5, 5.41) is 13.4. The Morgan fingerprint density at radius 2 is 2.08 bits per heavy atom. The summed E-state index contributed by atoms with van der Waals surface area (Å²) in [5.74, 6) is -1.54. The normalized spacial score (nSPS) is 15.9. The van der Waals surface area contributed by atoms with Crippen molar-refractivity contribution < 1.29 is 18.9 Å². The summed E-state index contributed by atoms with van der Waals surface area (Å²) < 4.78 is 5.00. The van der Waals surface area contributed by atoms with Crippen molar-refractivity contribution in [2.45, 2.75) is 19.4 Å². The van der Waals surface area contributed by atoms with Gasteiger partial charge in [-0.3, -0.25) is 24.6 Å². The molecular formula is C16H15N3O5. The van der Waals surface area contributed by atoms with Crippen molar-refractivity contribution in [3.63, 3.8) is 0 Å². The number of hydrogen-bond acceptors (Lipinski definition) is 5. The van der Waals surface area contributed by atoms with Crippen LogP contribution in [-0.4, -0.2) is 29.3 Å². The van der Waals surface area contributed by atoms with Crippen LogP contribution in [0.5, 0.6) is 0 Å². The van der Waals surface area contributed by atoms with Crippen molar-refractivity contribution in [3.05, 3.63) is 57.8 Å². The van der Waals surface area contributed by atoms with E-state index in [2.05, 4.69) is 5.32 Å². The van der Waals surface area contributed by atoms with Crippen LogP contribution in [0.1, 0.15) is 23.0 Å². The first-order chi connectivity index (χ1) is 11.5. The number of carbonyl (C=O) groups excluding carboxylic acids is 2. The number of benzene rings is 1. The zero-order chi connectivity index (χ0) is 17.3. The molecular weight excluding hydrogens is 314 g/mol. The van der Waals surface area contributed by atoms with E-state index in [-0.39, 0.29) is 11.7 Å². The number of rotatable bonds is 4. The summed E-state index contributed by atoms with van der Waals surface area (Å²) >= 11 is 0. The van der Waals surface area contributed by atoms with Gasteiger partial charge in [0.1, 0.15) is 11.0 Å². The number of hydrogen-bond donors (Lipinski definition) is 1. The number of carbonyl (C=O) groups is 2. The average Bonchev–Trinajstić information content (AvgIpc) is 3.19. The molecule has 124 valence electrons. The van der Waals surface area contributed by atoms with Gasteiger partial charge in [-0.15, -0.1) is 0 Å². The number of likely N-dealkylation sites (N-methyl/N-ethyl adjacent to an activating group) is 1. The summed E-state index contributed by atoms with van der Waals surface area (Å²) in [4.78, 5) is 36.5. The number of nitrogens with zero attached hydrogens (tertiary/aromatic N) is 2. The van der Waals surface area contributed by atoms with E-state index in [1.165, 1.54) is 11.0 Å². The Kier molecular flexibility index (Phi) is 4.03. The molecule has 24 heavy (non-hydrogen) atoms. The molecule has 2 heterocycles. The zero-order valence-electron chi connectivity index (χ0n) is 12.9. The molecule has 1 aromatic carbocycles. The highest BCUT2D eigenvalue weighted by atomic mass is 16.6. The Balaban J connectivity index is 1.98. The maximum Gasteiger partial charge on any atom is 0.433 e. The lowest BCUT2D eigenvalue weighted by Gasteiger charge is -2.23. The van der Waals surface area contributed by atoms with Crippen molar-refractivity contribution in [1.29, 1.82) is 0 Å². The lowest BCUT2D eigenvalue weighted by molar-refractivity contribution is -0.402. The maximum atomic E-state index is 12.8. The minimum Gasteiger partial charge on any atom is -0.395 e. The van der Waals surface area contributed by atoms with Crippen LogP contribution in [0.2, 0.25) is 0 Å². The summed E-state index contributed by atoms with van der Waals surface area (Å²) in [6.07, 6.45) is 0.385. The van der Waals surface area contributed by atoms with Gasteiger partial charge in [-0.05, 0) is 24.6 Å². The first-order valence-corrected chi connectivity index (χ1v) is 7.46. The number of nitrogens with one attached hydrogen (secondary N) is 1. The minimum atomic E-state index is -0.712. The Hall–Kier alpha value is -3.16. The van der Waals surface area contributed by atoms with Gasteiger partial charge in [-0.25, -0.2) is 0 Å². The van der Waals surface area contributed by atoms with E-state index in [1.54, 1.807) is 19.1 Å². The van der Waals surface area contributed by atoms with Crippen molar-refractivity contribution >= 4 is 23.4 Å². The molecule has 1 aliphatic rings. The second kappa shape index (κ2) is 6.15. The highest BCUT2D eigenvalue weighted by Gasteiger charge is 2.39. The molecule has 0 fully saturated rings. The molecule has 1 N–H and O–H groups in total. The number of fused-ring (bicyclic) bond motifs is 1. The van der Waals surface area contributed by atoms with Crippen LogP contribution in [0, 0.1) is 10.1 Å². The van der Waals surface area contributed by atoms with Crippen LogP contribution in [0.3, 0.4) is 0 Å². The third kappa shape index (κ3) is 2.62. The van der Waals surface area contributed by atoms with Gasteiger partial charge in [0.2, 0.25) is 5.91 Å². The molecule has 0 unspecified atom stereocenters. The molecule has 0 bridgehead atoms. The van der Waals surface area contributed by atoms with Gasteiger partial charge < -0.3 is 9.73 Å². The van der Waals surface area contributed by atoms with Crippen LogP contribution in [-0.2, 0) is 11.2 Å². The fraction of sp³-hybridized carbons (Fsp3) is 0.250. The van der Waals surface area contributed by atoms with Crippen LogP contribution in [0.15, 0.2) is 40.8 Å². The van der Waals surface area contributed by atoms with Crippen LogP contribution < -0.4 is 10.2 Å². The second-order valence-electron chi connectivity index (χ2n) is 5.31. The molecule has 8 heteroatoms. The van der Waals surface area contributed by atoms with Gasteiger partial charge in [-0.2, -0.15) is 0 Å². The Morgan fingerprint density at radius 1 is 1.33 bits per heavy atom. The van der Waals surface area contributed by atoms with Gasteiger partial charge in [0.15, 0.2) is 5.76 Å². The highest BCUT2D eigenvalue weighted by molar-refractivity contribution is 6.10. The molecule has 8 nitrogen and oxygen atoms in total. The number of nitro groups is 1. The molecule has 2 aromatic rings. The molecule has 3 rings (SSSR count). The Morgan fingerprint density at radius 3 is 2.75 bits per heavy atom. The number of para-hydroxylation sites is 1. The van der Waals surface area contributed by atoms with E-state index in [4.69, 9.17) is 4.42 Å². The zero-order valence-corrected chi connectivity index (χ0v) is 12.9. The summed E-state index contributed by atoms with van der Waals surface area (Å²) in [7, 11) is 0. The maximum absolute atomic E-state index is 12.8. The predicted octanol–water partition coefficient (Wildman–Crippen LogP) is 1.90. The number of amides is 2. The third-order valence-electron chi connectivity index (χ3n) is 3.83. The van der Waals surface area contributed by atoms with Crippen molar-refractivity contribution in [2.24, 2.45) is 0 Å². The molecule has 1 aliphatic heterocycles. The fourth-order valence-corrected chi connectivity index (χ4v) is 2.80. The van der Waals surface area contributed by atoms with E-state index >= 15 is 0 Å². The predicted molar refractivity (Wildman–Crippen MR) is 84.8 cm³/mol. The second-order valence-corrected chi connectivity index (χ2v) is 5.31. The van der Waals surface area contributed by atoms with Gasteiger partial charge in [0.25, 0.3) is 5.91 Å². The van der Waals surface area contributed by atoms with Crippen LogP contribution in [0.4, 0.5) is 11.6 Å². The largest absolute Gasteiger partial charge is 0.433 e. The number of furan rings is 1. The first kappa shape index (κ1) is 15.7. The quantitative estimate of drug-likeness (QED) is 0.681. The molecule has 0 radical (unpaired) electrons. The molecule has 2 amide bonds. The van der Waals surface area contributed by atoms with E-state index in [1.807, 2.05) is 12.1 Å². The smallest absolute Gasteiger partial charge is 0.395 e.